The molecule has 1 aromatic carbocycles. The first-order chi connectivity index (χ1) is 13.5. The van der Waals surface area contributed by atoms with Gasteiger partial charge in [-0.25, -0.2) is 4.79 Å². The highest BCUT2D eigenvalue weighted by Crippen LogP contribution is 2.36. The molecule has 2 heterocycles. The van der Waals surface area contributed by atoms with E-state index in [2.05, 4.69) is 12.2 Å². The maximum absolute atomic E-state index is 12.9. The number of rotatable bonds is 6. The number of carbonyl (C=O) groups is 2. The maximum Gasteiger partial charge on any atom is 0.341 e. The highest BCUT2D eigenvalue weighted by molar-refractivity contribution is 7.17. The Bertz CT molecular complexity index is 871. The Labute approximate surface area is 168 Å². The number of amides is 1. The van der Waals surface area contributed by atoms with Crippen LogP contribution in [0.25, 0.3) is 0 Å². The first-order valence-electron chi connectivity index (χ1n) is 9.11. The van der Waals surface area contributed by atoms with Gasteiger partial charge >= 0.3 is 5.97 Å². The topological polar surface area (TPSA) is 78.3 Å². The number of hydrogen-bond acceptors (Lipinski definition) is 6. The second kappa shape index (κ2) is 8.62. The van der Waals surface area contributed by atoms with Crippen molar-refractivity contribution in [3.05, 3.63) is 39.8 Å². The number of carbonyl (C=O) groups excluding carboxylic acids is 2. The number of hydrogen-bond donors (Lipinski definition) is 2. The predicted octanol–water partition coefficient (Wildman–Crippen LogP) is 1.77. The average Bonchev–Trinajstić information content (AvgIpc) is 3.09. The van der Waals surface area contributed by atoms with E-state index in [1.807, 2.05) is 0 Å². The molecule has 0 bridgehead atoms. The molecule has 1 aliphatic heterocycles. The number of quaternary nitrogens is 1. The van der Waals surface area contributed by atoms with Gasteiger partial charge in [-0.15, -0.1) is 11.3 Å². The average molecular weight is 405 g/mol. The van der Waals surface area contributed by atoms with E-state index in [9.17, 15) is 9.59 Å². The third-order valence-corrected chi connectivity index (χ3v) is 6.11. The van der Waals surface area contributed by atoms with Crippen molar-refractivity contribution in [3.63, 3.8) is 0 Å². The molecule has 0 saturated carbocycles. The lowest BCUT2D eigenvalue weighted by Gasteiger charge is -2.22. The Morgan fingerprint density at radius 3 is 2.39 bits per heavy atom. The molecule has 0 spiro atoms. The Balaban J connectivity index is 1.95. The lowest BCUT2D eigenvalue weighted by atomic mass is 10.0. The zero-order chi connectivity index (χ0) is 20.3. The second-order valence-electron chi connectivity index (χ2n) is 6.54. The van der Waals surface area contributed by atoms with Crippen molar-refractivity contribution in [2.75, 3.05) is 39.7 Å². The van der Waals surface area contributed by atoms with Gasteiger partial charge in [0.2, 0.25) is 0 Å². The minimum Gasteiger partial charge on any atom is -0.497 e. The smallest absolute Gasteiger partial charge is 0.341 e. The summed E-state index contributed by atoms with van der Waals surface area (Å²) in [6.45, 7) is 4.98. The fraction of sp³-hybridized carbons (Fsp3) is 0.400. The third kappa shape index (κ3) is 3.98. The number of fused-ring (bicyclic) bond motifs is 1. The van der Waals surface area contributed by atoms with Crippen LogP contribution in [-0.4, -0.2) is 46.3 Å². The van der Waals surface area contributed by atoms with E-state index in [1.54, 1.807) is 18.2 Å². The van der Waals surface area contributed by atoms with E-state index in [-0.39, 0.29) is 5.91 Å². The SMILES string of the molecule is CC[NH+]1CCc2c(sc(NC(=O)c3cc(OC)cc(OC)c3)c2C(=O)OC)C1. The van der Waals surface area contributed by atoms with Crippen molar-refractivity contribution in [2.45, 2.75) is 19.9 Å². The molecule has 0 fully saturated rings. The van der Waals surface area contributed by atoms with E-state index >= 15 is 0 Å². The van der Waals surface area contributed by atoms with Crippen LogP contribution in [-0.2, 0) is 17.7 Å². The third-order valence-electron chi connectivity index (χ3n) is 4.96. The summed E-state index contributed by atoms with van der Waals surface area (Å²) < 4.78 is 15.5. The van der Waals surface area contributed by atoms with Crippen LogP contribution in [0.4, 0.5) is 5.00 Å². The van der Waals surface area contributed by atoms with Gasteiger partial charge in [0.05, 0.1) is 44.9 Å². The number of anilines is 1. The van der Waals surface area contributed by atoms with Gasteiger partial charge in [0, 0.05) is 18.1 Å². The standard InChI is InChI=1S/C20H24N2O5S/c1-5-22-7-6-15-16(11-22)28-19(17(15)20(24)27-4)21-18(23)12-8-13(25-2)10-14(9-12)26-3/h8-10H,5-7,11H2,1-4H3,(H,21,23)/p+1. The minimum absolute atomic E-state index is 0.333. The molecule has 0 saturated heterocycles. The van der Waals surface area contributed by atoms with Gasteiger partial charge in [-0.3, -0.25) is 4.79 Å². The monoisotopic (exact) mass is 405 g/mol. The maximum atomic E-state index is 12.9. The van der Waals surface area contributed by atoms with E-state index < -0.39 is 5.97 Å². The number of nitrogens with one attached hydrogen (secondary N) is 2. The molecule has 0 aliphatic carbocycles. The molecule has 1 aliphatic rings. The van der Waals surface area contributed by atoms with E-state index in [0.29, 0.717) is 27.6 Å². The molecule has 2 N–H and O–H groups in total. The summed E-state index contributed by atoms with van der Waals surface area (Å²) in [7, 11) is 4.42. The minimum atomic E-state index is -0.420. The zero-order valence-electron chi connectivity index (χ0n) is 16.5. The normalized spacial score (nSPS) is 15.5. The molecule has 3 rings (SSSR count). The Morgan fingerprint density at radius 1 is 1.14 bits per heavy atom. The molecule has 2 aromatic rings. The molecule has 1 unspecified atom stereocenters. The summed E-state index contributed by atoms with van der Waals surface area (Å²) in [6.07, 6.45) is 0.794. The number of benzene rings is 1. The van der Waals surface area contributed by atoms with Crippen LogP contribution >= 0.6 is 11.3 Å². The molecule has 8 heteroatoms. The van der Waals surface area contributed by atoms with Gasteiger partial charge < -0.3 is 24.4 Å². The van der Waals surface area contributed by atoms with Crippen molar-refractivity contribution < 1.29 is 28.7 Å². The number of ether oxygens (including phenoxy) is 3. The van der Waals surface area contributed by atoms with Crippen LogP contribution in [0.15, 0.2) is 18.2 Å². The van der Waals surface area contributed by atoms with Crippen LogP contribution in [0.3, 0.4) is 0 Å². The van der Waals surface area contributed by atoms with Crippen molar-refractivity contribution in [1.29, 1.82) is 0 Å². The van der Waals surface area contributed by atoms with Gasteiger partial charge in [0.15, 0.2) is 0 Å². The van der Waals surface area contributed by atoms with E-state index in [0.717, 1.165) is 36.5 Å². The molecule has 0 radical (unpaired) electrons. The fourth-order valence-electron chi connectivity index (χ4n) is 3.36. The molecule has 150 valence electrons. The van der Waals surface area contributed by atoms with Crippen LogP contribution < -0.4 is 19.7 Å². The van der Waals surface area contributed by atoms with Gasteiger partial charge in [0.1, 0.15) is 23.0 Å². The van der Waals surface area contributed by atoms with Crippen molar-refractivity contribution in [2.24, 2.45) is 0 Å². The van der Waals surface area contributed by atoms with Crippen LogP contribution in [0.2, 0.25) is 0 Å². The van der Waals surface area contributed by atoms with Crippen molar-refractivity contribution >= 4 is 28.2 Å². The van der Waals surface area contributed by atoms with Crippen LogP contribution in [0.5, 0.6) is 11.5 Å². The molecular weight excluding hydrogens is 380 g/mol. The summed E-state index contributed by atoms with van der Waals surface area (Å²) >= 11 is 1.45. The predicted molar refractivity (Wildman–Crippen MR) is 107 cm³/mol. The van der Waals surface area contributed by atoms with Crippen LogP contribution in [0, 0.1) is 0 Å². The van der Waals surface area contributed by atoms with E-state index in [1.165, 1.54) is 37.6 Å². The highest BCUT2D eigenvalue weighted by atomic mass is 32.1. The quantitative estimate of drug-likeness (QED) is 0.716. The second-order valence-corrected chi connectivity index (χ2v) is 7.64. The summed E-state index contributed by atoms with van der Waals surface area (Å²) in [5.41, 5.74) is 1.85. The van der Waals surface area contributed by atoms with E-state index in [4.69, 9.17) is 14.2 Å². The lowest BCUT2D eigenvalue weighted by Crippen LogP contribution is -3.11. The number of esters is 1. The van der Waals surface area contributed by atoms with Crippen LogP contribution in [0.1, 0.15) is 38.1 Å². The first-order valence-corrected chi connectivity index (χ1v) is 9.93. The molecule has 1 amide bonds. The Kier molecular flexibility index (Phi) is 6.21. The van der Waals surface area contributed by atoms with Crippen molar-refractivity contribution in [3.8, 4) is 11.5 Å². The summed E-state index contributed by atoms with van der Waals surface area (Å²) in [5, 5.41) is 3.42. The van der Waals surface area contributed by atoms with Gasteiger partial charge in [-0.2, -0.15) is 0 Å². The Morgan fingerprint density at radius 2 is 1.82 bits per heavy atom. The summed E-state index contributed by atoms with van der Waals surface area (Å²) in [6, 6.07) is 4.96. The molecule has 28 heavy (non-hydrogen) atoms. The molecule has 1 atom stereocenters. The zero-order valence-corrected chi connectivity index (χ0v) is 17.3. The molecule has 7 nitrogen and oxygen atoms in total. The van der Waals surface area contributed by atoms with Gasteiger partial charge in [-0.1, -0.05) is 0 Å². The largest absolute Gasteiger partial charge is 0.497 e. The fourth-order valence-corrected chi connectivity index (χ4v) is 4.66. The number of thiophene rings is 1. The highest BCUT2D eigenvalue weighted by Gasteiger charge is 2.30. The molecule has 1 aromatic heterocycles. The van der Waals surface area contributed by atoms with Crippen molar-refractivity contribution in [1.82, 2.24) is 0 Å². The summed E-state index contributed by atoms with van der Waals surface area (Å²) in [4.78, 5) is 27.9. The number of methoxy groups -OCH3 is 3. The van der Waals surface area contributed by atoms with Gasteiger partial charge in [-0.05, 0) is 24.6 Å². The van der Waals surface area contributed by atoms with Gasteiger partial charge in [0.25, 0.3) is 5.91 Å². The lowest BCUT2D eigenvalue weighted by molar-refractivity contribution is -0.913. The first kappa shape index (κ1) is 20.2. The molecular formula is C20H25N2O5S+. The summed E-state index contributed by atoms with van der Waals surface area (Å²) in [5.74, 6) is 0.285. The number of likely N-dealkylation sites (N-methyl/N-ethyl adjacent to an activating group) is 1. The Hall–Kier alpha value is -2.58.